The predicted octanol–water partition coefficient (Wildman–Crippen LogP) is 1.75. The van der Waals surface area contributed by atoms with Gasteiger partial charge in [0.25, 0.3) is 5.91 Å². The van der Waals surface area contributed by atoms with Gasteiger partial charge in [0.1, 0.15) is 0 Å². The summed E-state index contributed by atoms with van der Waals surface area (Å²) in [6.07, 6.45) is -3.88. The summed E-state index contributed by atoms with van der Waals surface area (Å²) >= 11 is 0. The molecule has 0 aliphatic rings. The van der Waals surface area contributed by atoms with Crippen molar-refractivity contribution in [2.24, 2.45) is 0 Å². The molecule has 25 heavy (non-hydrogen) atoms. The van der Waals surface area contributed by atoms with E-state index in [-0.39, 0.29) is 24.1 Å². The fourth-order valence-electron chi connectivity index (χ4n) is 2.23. The van der Waals surface area contributed by atoms with Crippen LogP contribution in [0.5, 0.6) is 0 Å². The number of nitrogens with zero attached hydrogens (tertiary/aromatic N) is 1. The Morgan fingerprint density at radius 3 is 2.60 bits per heavy atom. The van der Waals surface area contributed by atoms with E-state index in [2.05, 4.69) is 15.6 Å². The number of rotatable bonds is 6. The highest BCUT2D eigenvalue weighted by atomic mass is 19.4. The molecule has 6 nitrogen and oxygen atoms in total. The Kier molecular flexibility index (Phi) is 5.92. The standard InChI is InChI=1S/C16H16F3N3O3/c1-25-7-6-20-13(23)9-22-15(24)11-8-21-12-5-3-2-4-10(12)14(11)16(17,18)19/h2-5,8H,6-7,9H2,1H3,(H,20,23)(H,22,24). The fraction of sp³-hybridized carbons (Fsp3) is 0.312. The van der Waals surface area contributed by atoms with Gasteiger partial charge in [0.2, 0.25) is 5.91 Å². The van der Waals surface area contributed by atoms with Crippen LogP contribution in [0.15, 0.2) is 30.5 Å². The summed E-state index contributed by atoms with van der Waals surface area (Å²) < 4.78 is 45.1. The van der Waals surface area contributed by atoms with Gasteiger partial charge in [-0.1, -0.05) is 18.2 Å². The first-order chi connectivity index (χ1) is 11.8. The van der Waals surface area contributed by atoms with Crippen LogP contribution in [0, 0.1) is 0 Å². The molecular formula is C16H16F3N3O3. The summed E-state index contributed by atoms with van der Waals surface area (Å²) in [7, 11) is 1.46. The molecule has 2 amide bonds. The van der Waals surface area contributed by atoms with Crippen LogP contribution in [0.3, 0.4) is 0 Å². The smallest absolute Gasteiger partial charge is 0.383 e. The second-order valence-corrected chi connectivity index (χ2v) is 5.09. The van der Waals surface area contributed by atoms with Crippen LogP contribution in [-0.2, 0) is 15.7 Å². The number of hydrogen-bond acceptors (Lipinski definition) is 4. The molecule has 9 heteroatoms. The molecule has 0 saturated heterocycles. The molecule has 1 heterocycles. The first-order valence-electron chi connectivity index (χ1n) is 7.33. The summed E-state index contributed by atoms with van der Waals surface area (Å²) in [5, 5.41) is 4.45. The average Bonchev–Trinajstić information content (AvgIpc) is 2.58. The van der Waals surface area contributed by atoms with Gasteiger partial charge in [-0.05, 0) is 6.07 Å². The molecule has 0 atom stereocenters. The van der Waals surface area contributed by atoms with Crippen molar-refractivity contribution in [3.05, 3.63) is 41.6 Å². The first-order valence-corrected chi connectivity index (χ1v) is 7.33. The van der Waals surface area contributed by atoms with E-state index >= 15 is 0 Å². The van der Waals surface area contributed by atoms with Crippen molar-refractivity contribution in [3.8, 4) is 0 Å². The number of aromatic nitrogens is 1. The van der Waals surface area contributed by atoms with Gasteiger partial charge in [-0.3, -0.25) is 14.6 Å². The Bertz CT molecular complexity index is 778. The van der Waals surface area contributed by atoms with Crippen LogP contribution in [0.1, 0.15) is 15.9 Å². The Hall–Kier alpha value is -2.68. The van der Waals surface area contributed by atoms with Crippen LogP contribution < -0.4 is 10.6 Å². The van der Waals surface area contributed by atoms with E-state index in [1.54, 1.807) is 6.07 Å². The number of benzene rings is 1. The van der Waals surface area contributed by atoms with Crippen LogP contribution in [0.4, 0.5) is 13.2 Å². The van der Waals surface area contributed by atoms with Gasteiger partial charge in [-0.15, -0.1) is 0 Å². The average molecular weight is 355 g/mol. The Labute approximate surface area is 141 Å². The van der Waals surface area contributed by atoms with E-state index in [1.807, 2.05) is 0 Å². The van der Waals surface area contributed by atoms with Gasteiger partial charge >= 0.3 is 6.18 Å². The van der Waals surface area contributed by atoms with Gasteiger partial charge in [-0.25, -0.2) is 0 Å². The number of halogens is 3. The molecule has 1 aromatic heterocycles. The number of fused-ring (bicyclic) bond motifs is 1. The van der Waals surface area contributed by atoms with Crippen molar-refractivity contribution in [1.29, 1.82) is 0 Å². The molecule has 0 radical (unpaired) electrons. The highest BCUT2D eigenvalue weighted by Crippen LogP contribution is 2.36. The summed E-state index contributed by atoms with van der Waals surface area (Å²) in [6.45, 7) is 0.0652. The van der Waals surface area contributed by atoms with Gasteiger partial charge < -0.3 is 15.4 Å². The highest BCUT2D eigenvalue weighted by molar-refractivity contribution is 6.01. The molecule has 0 spiro atoms. The third kappa shape index (κ3) is 4.66. The van der Waals surface area contributed by atoms with Gasteiger partial charge in [-0.2, -0.15) is 13.2 Å². The normalized spacial score (nSPS) is 11.4. The largest absolute Gasteiger partial charge is 0.417 e. The Balaban J connectivity index is 2.22. The quantitative estimate of drug-likeness (QED) is 0.774. The molecule has 0 unspecified atom stereocenters. The first kappa shape index (κ1) is 18.7. The number of carbonyl (C=O) groups is 2. The number of methoxy groups -OCH3 is 1. The lowest BCUT2D eigenvalue weighted by molar-refractivity contribution is -0.136. The van der Waals surface area contributed by atoms with E-state index in [1.165, 1.54) is 25.3 Å². The molecule has 0 bridgehead atoms. The molecule has 1 aromatic carbocycles. The van der Waals surface area contributed by atoms with Gasteiger partial charge in [0.15, 0.2) is 0 Å². The van der Waals surface area contributed by atoms with E-state index in [9.17, 15) is 22.8 Å². The number of alkyl halides is 3. The number of hydrogen-bond donors (Lipinski definition) is 2. The van der Waals surface area contributed by atoms with Gasteiger partial charge in [0.05, 0.1) is 29.8 Å². The highest BCUT2D eigenvalue weighted by Gasteiger charge is 2.37. The molecule has 134 valence electrons. The van der Waals surface area contributed by atoms with Crippen molar-refractivity contribution in [1.82, 2.24) is 15.6 Å². The van der Waals surface area contributed by atoms with Crippen molar-refractivity contribution < 1.29 is 27.5 Å². The van der Waals surface area contributed by atoms with E-state index < -0.39 is 35.7 Å². The lowest BCUT2D eigenvalue weighted by atomic mass is 10.0. The van der Waals surface area contributed by atoms with Crippen molar-refractivity contribution in [2.45, 2.75) is 6.18 Å². The number of pyridine rings is 1. The molecule has 0 fully saturated rings. The minimum absolute atomic E-state index is 0.128. The van der Waals surface area contributed by atoms with Crippen molar-refractivity contribution >= 4 is 22.7 Å². The Morgan fingerprint density at radius 1 is 1.20 bits per heavy atom. The van der Waals surface area contributed by atoms with E-state index in [0.29, 0.717) is 0 Å². The summed E-state index contributed by atoms with van der Waals surface area (Å²) in [6, 6.07) is 5.67. The number of nitrogens with one attached hydrogen (secondary N) is 2. The maximum atomic E-state index is 13.4. The minimum atomic E-state index is -4.74. The van der Waals surface area contributed by atoms with E-state index in [0.717, 1.165) is 6.20 Å². The van der Waals surface area contributed by atoms with Crippen LogP contribution in [-0.4, -0.2) is 43.6 Å². The summed E-state index contributed by atoms with van der Waals surface area (Å²) in [5.74, 6) is -1.56. The second-order valence-electron chi connectivity index (χ2n) is 5.09. The fourth-order valence-corrected chi connectivity index (χ4v) is 2.23. The van der Waals surface area contributed by atoms with Crippen molar-refractivity contribution in [2.75, 3.05) is 26.8 Å². The van der Waals surface area contributed by atoms with Crippen molar-refractivity contribution in [3.63, 3.8) is 0 Å². The van der Waals surface area contributed by atoms with Gasteiger partial charge in [0, 0.05) is 25.2 Å². The molecule has 0 aliphatic carbocycles. The summed E-state index contributed by atoms with van der Waals surface area (Å²) in [4.78, 5) is 27.5. The molecule has 0 aliphatic heterocycles. The van der Waals surface area contributed by atoms with Crippen LogP contribution >= 0.6 is 0 Å². The number of para-hydroxylation sites is 1. The third-order valence-electron chi connectivity index (χ3n) is 3.34. The lowest BCUT2D eigenvalue weighted by Gasteiger charge is -2.15. The number of carbonyl (C=O) groups excluding carboxylic acids is 2. The van der Waals surface area contributed by atoms with Crippen LogP contribution in [0.25, 0.3) is 10.9 Å². The Morgan fingerprint density at radius 2 is 1.92 bits per heavy atom. The third-order valence-corrected chi connectivity index (χ3v) is 3.34. The van der Waals surface area contributed by atoms with E-state index in [4.69, 9.17) is 4.74 Å². The molecule has 2 aromatic rings. The zero-order valence-electron chi connectivity index (χ0n) is 13.3. The second kappa shape index (κ2) is 7.93. The summed E-state index contributed by atoms with van der Waals surface area (Å²) in [5.41, 5.74) is -1.57. The molecular weight excluding hydrogens is 339 g/mol. The maximum Gasteiger partial charge on any atom is 0.417 e. The predicted molar refractivity (Wildman–Crippen MR) is 84.0 cm³/mol. The number of ether oxygens (including phenoxy) is 1. The lowest BCUT2D eigenvalue weighted by Crippen LogP contribution is -2.38. The molecule has 0 saturated carbocycles. The maximum absolute atomic E-state index is 13.4. The topological polar surface area (TPSA) is 80.3 Å². The van der Waals surface area contributed by atoms with Crippen LogP contribution in [0.2, 0.25) is 0 Å². The monoisotopic (exact) mass is 355 g/mol. The number of amides is 2. The molecule has 2 N–H and O–H groups in total. The minimum Gasteiger partial charge on any atom is -0.383 e. The zero-order valence-corrected chi connectivity index (χ0v) is 13.3. The zero-order chi connectivity index (χ0) is 18.4. The molecule has 2 rings (SSSR count). The SMILES string of the molecule is COCCNC(=O)CNC(=O)c1cnc2ccccc2c1C(F)(F)F.